The van der Waals surface area contributed by atoms with Crippen molar-refractivity contribution in [2.75, 3.05) is 25.7 Å². The van der Waals surface area contributed by atoms with E-state index in [-0.39, 0.29) is 0 Å². The van der Waals surface area contributed by atoms with Crippen molar-refractivity contribution in [2.24, 2.45) is 0 Å². The summed E-state index contributed by atoms with van der Waals surface area (Å²) in [4.78, 5) is 0. The third kappa shape index (κ3) is 3.18. The molecule has 0 spiro atoms. The molecule has 94 valence electrons. The van der Waals surface area contributed by atoms with Crippen molar-refractivity contribution in [2.45, 2.75) is 18.9 Å². The molecule has 0 fully saturated rings. The van der Waals surface area contributed by atoms with Gasteiger partial charge in [-0.2, -0.15) is 11.8 Å². The molecule has 1 aliphatic rings. The van der Waals surface area contributed by atoms with Gasteiger partial charge in [-0.3, -0.25) is 0 Å². The third-order valence-electron chi connectivity index (χ3n) is 3.07. The Labute approximate surface area is 116 Å². The first-order valence-corrected chi connectivity index (χ1v) is 8.03. The second kappa shape index (κ2) is 6.12. The summed E-state index contributed by atoms with van der Waals surface area (Å²) < 4.78 is 6.92. The highest BCUT2D eigenvalue weighted by Crippen LogP contribution is 2.33. The third-order valence-corrected chi connectivity index (χ3v) is 4.26. The number of nitrogens with one attached hydrogen (secondary N) is 1. The molecule has 1 aromatic rings. The van der Waals surface area contributed by atoms with Gasteiger partial charge in [-0.15, -0.1) is 0 Å². The lowest BCUT2D eigenvalue weighted by Crippen LogP contribution is -2.30. The highest BCUT2D eigenvalue weighted by molar-refractivity contribution is 9.10. The van der Waals surface area contributed by atoms with Gasteiger partial charge >= 0.3 is 0 Å². The van der Waals surface area contributed by atoms with Crippen molar-refractivity contribution < 1.29 is 4.74 Å². The molecule has 4 heteroatoms. The van der Waals surface area contributed by atoms with Gasteiger partial charge in [0, 0.05) is 22.7 Å². The maximum absolute atomic E-state index is 5.75. The Bertz CT molecular complexity index is 397. The average molecular weight is 316 g/mol. The number of rotatable bonds is 5. The van der Waals surface area contributed by atoms with Gasteiger partial charge < -0.3 is 10.1 Å². The van der Waals surface area contributed by atoms with Crippen LogP contribution in [0.15, 0.2) is 16.6 Å². The summed E-state index contributed by atoms with van der Waals surface area (Å²) in [7, 11) is 2.03. The lowest BCUT2D eigenvalue weighted by molar-refractivity contribution is 0.352. The number of likely N-dealkylation sites (N-methyl/N-ethyl adjacent to an activating group) is 1. The fraction of sp³-hybridized carbons (Fsp3) is 0.538. The summed E-state index contributed by atoms with van der Waals surface area (Å²) in [6.07, 6.45) is 4.21. The van der Waals surface area contributed by atoms with Crippen molar-refractivity contribution in [3.8, 4) is 5.75 Å². The van der Waals surface area contributed by atoms with Crippen LogP contribution in [0, 0.1) is 0 Å². The molecule has 1 aliphatic heterocycles. The molecule has 0 saturated heterocycles. The van der Waals surface area contributed by atoms with E-state index >= 15 is 0 Å². The minimum absolute atomic E-state index is 0.507. The van der Waals surface area contributed by atoms with Gasteiger partial charge in [-0.05, 0) is 43.0 Å². The van der Waals surface area contributed by atoms with Crippen molar-refractivity contribution in [1.29, 1.82) is 0 Å². The normalized spacial score (nSPS) is 15.5. The number of thioether (sulfide) groups is 1. The smallest absolute Gasteiger partial charge is 0.125 e. The molecule has 17 heavy (non-hydrogen) atoms. The van der Waals surface area contributed by atoms with Crippen LogP contribution < -0.4 is 10.1 Å². The zero-order valence-electron chi connectivity index (χ0n) is 10.3. The van der Waals surface area contributed by atoms with Crippen LogP contribution in [0.1, 0.15) is 11.1 Å². The maximum Gasteiger partial charge on any atom is 0.125 e. The number of fused-ring (bicyclic) bond motifs is 1. The summed E-state index contributed by atoms with van der Waals surface area (Å²) in [6, 6.07) is 4.87. The molecule has 0 saturated carbocycles. The molecular formula is C13H18BrNOS. The van der Waals surface area contributed by atoms with E-state index in [4.69, 9.17) is 4.74 Å². The predicted octanol–water partition coefficient (Wildman–Crippen LogP) is 2.88. The van der Waals surface area contributed by atoms with E-state index in [1.54, 1.807) is 0 Å². The van der Waals surface area contributed by atoms with E-state index in [1.165, 1.54) is 11.1 Å². The molecular weight excluding hydrogens is 298 g/mol. The van der Waals surface area contributed by atoms with Crippen LogP contribution in [0.4, 0.5) is 0 Å². The Morgan fingerprint density at radius 1 is 1.53 bits per heavy atom. The molecule has 0 aromatic heterocycles. The average Bonchev–Trinajstić information content (AvgIpc) is 2.76. The van der Waals surface area contributed by atoms with Gasteiger partial charge in [-0.1, -0.05) is 15.9 Å². The Balaban J connectivity index is 2.20. The molecule has 1 atom stereocenters. The predicted molar refractivity (Wildman–Crippen MR) is 78.3 cm³/mol. The van der Waals surface area contributed by atoms with Crippen LogP contribution >= 0.6 is 27.7 Å². The fourth-order valence-electron chi connectivity index (χ4n) is 2.21. The quantitative estimate of drug-likeness (QED) is 0.902. The van der Waals surface area contributed by atoms with Crippen molar-refractivity contribution in [3.63, 3.8) is 0 Å². The van der Waals surface area contributed by atoms with Crippen LogP contribution in [-0.2, 0) is 12.8 Å². The number of hydrogen-bond acceptors (Lipinski definition) is 3. The first-order valence-electron chi connectivity index (χ1n) is 5.85. The van der Waals surface area contributed by atoms with Crippen LogP contribution in [0.2, 0.25) is 0 Å². The van der Waals surface area contributed by atoms with Gasteiger partial charge in [-0.25, -0.2) is 0 Å². The van der Waals surface area contributed by atoms with Gasteiger partial charge in [0.1, 0.15) is 5.75 Å². The van der Waals surface area contributed by atoms with Gasteiger partial charge in [0.05, 0.1) is 6.61 Å². The Morgan fingerprint density at radius 3 is 3.06 bits per heavy atom. The van der Waals surface area contributed by atoms with Crippen molar-refractivity contribution >= 4 is 27.7 Å². The summed E-state index contributed by atoms with van der Waals surface area (Å²) >= 11 is 5.46. The molecule has 0 aliphatic carbocycles. The highest BCUT2D eigenvalue weighted by Gasteiger charge is 2.19. The Kier molecular flexibility index (Phi) is 4.77. The van der Waals surface area contributed by atoms with E-state index in [0.29, 0.717) is 6.04 Å². The Hall–Kier alpha value is -0.190. The molecule has 1 heterocycles. The van der Waals surface area contributed by atoms with Crippen LogP contribution in [-0.4, -0.2) is 31.7 Å². The molecule has 0 radical (unpaired) electrons. The number of halogens is 1. The zero-order valence-corrected chi connectivity index (χ0v) is 12.7. The van der Waals surface area contributed by atoms with Crippen molar-refractivity contribution in [3.05, 3.63) is 27.7 Å². The van der Waals surface area contributed by atoms with Crippen molar-refractivity contribution in [1.82, 2.24) is 5.32 Å². The number of hydrogen-bond donors (Lipinski definition) is 1. The molecule has 1 N–H and O–H groups in total. The molecule has 1 aromatic carbocycles. The van der Waals surface area contributed by atoms with E-state index in [1.807, 2.05) is 18.8 Å². The molecule has 0 bridgehead atoms. The van der Waals surface area contributed by atoms with E-state index in [9.17, 15) is 0 Å². The van der Waals surface area contributed by atoms with Crippen LogP contribution in [0.3, 0.4) is 0 Å². The standard InChI is InChI=1S/C13H18BrNOS/c1-15-12(8-17-2)7-10-6-11(14)5-9-3-4-16-13(9)10/h5-6,12,15H,3-4,7-8H2,1-2H3. The number of ether oxygens (including phenoxy) is 1. The largest absolute Gasteiger partial charge is 0.493 e. The second-order valence-corrected chi connectivity index (χ2v) is 6.12. The van der Waals surface area contributed by atoms with Gasteiger partial charge in [0.2, 0.25) is 0 Å². The first kappa shape index (κ1) is 13.2. The van der Waals surface area contributed by atoms with E-state index in [2.05, 4.69) is 39.6 Å². The first-order chi connectivity index (χ1) is 8.24. The van der Waals surface area contributed by atoms with Crippen LogP contribution in [0.25, 0.3) is 0 Å². The van der Waals surface area contributed by atoms with Crippen LogP contribution in [0.5, 0.6) is 5.75 Å². The van der Waals surface area contributed by atoms with Gasteiger partial charge in [0.25, 0.3) is 0 Å². The fourth-order valence-corrected chi connectivity index (χ4v) is 3.45. The highest BCUT2D eigenvalue weighted by atomic mass is 79.9. The summed E-state index contributed by atoms with van der Waals surface area (Å²) in [6.45, 7) is 0.825. The lowest BCUT2D eigenvalue weighted by atomic mass is 10.0. The monoisotopic (exact) mass is 315 g/mol. The SMILES string of the molecule is CNC(CSC)Cc1cc(Br)cc2c1OCC2. The molecule has 1 unspecified atom stereocenters. The van der Waals surface area contributed by atoms with E-state index < -0.39 is 0 Å². The minimum Gasteiger partial charge on any atom is -0.493 e. The summed E-state index contributed by atoms with van der Waals surface area (Å²) in [5.74, 6) is 2.24. The molecule has 2 rings (SSSR count). The summed E-state index contributed by atoms with van der Waals surface area (Å²) in [5.41, 5.74) is 2.66. The zero-order chi connectivity index (χ0) is 12.3. The summed E-state index contributed by atoms with van der Waals surface area (Å²) in [5, 5.41) is 3.37. The topological polar surface area (TPSA) is 21.3 Å². The maximum atomic E-state index is 5.75. The molecule has 2 nitrogen and oxygen atoms in total. The van der Waals surface area contributed by atoms with E-state index in [0.717, 1.165) is 35.4 Å². The molecule has 0 amide bonds. The lowest BCUT2D eigenvalue weighted by Gasteiger charge is -2.17. The minimum atomic E-state index is 0.507. The Morgan fingerprint density at radius 2 is 2.35 bits per heavy atom. The van der Waals surface area contributed by atoms with Gasteiger partial charge in [0.15, 0.2) is 0 Å². The number of benzene rings is 1. The second-order valence-electron chi connectivity index (χ2n) is 4.30.